The molecule has 0 aromatic heterocycles. The minimum Gasteiger partial charge on any atom is -0.396 e. The summed E-state index contributed by atoms with van der Waals surface area (Å²) in [6.45, 7) is 2.26. The van der Waals surface area contributed by atoms with Crippen molar-refractivity contribution >= 4 is 0 Å². The van der Waals surface area contributed by atoms with Gasteiger partial charge in [0.15, 0.2) is 0 Å². The lowest BCUT2D eigenvalue weighted by Gasteiger charge is -2.31. The Morgan fingerprint density at radius 2 is 1.95 bits per heavy atom. The Balaban J connectivity index is 1.99. The Hall–Kier alpha value is -1.00. The third-order valence-corrected chi connectivity index (χ3v) is 4.29. The summed E-state index contributed by atoms with van der Waals surface area (Å²) < 4.78 is 26.8. The Bertz CT molecular complexity index is 430. The average Bonchev–Trinajstić information content (AvgIpc) is 2.46. The molecule has 0 radical (unpaired) electrons. The molecular weight excluding hydrogens is 260 g/mol. The molecule has 1 unspecified atom stereocenters. The van der Waals surface area contributed by atoms with Crippen molar-refractivity contribution in [2.75, 3.05) is 6.61 Å². The third-order valence-electron chi connectivity index (χ3n) is 4.29. The normalized spacial score (nSPS) is 24.6. The topological polar surface area (TPSA) is 32.3 Å². The first-order valence-corrected chi connectivity index (χ1v) is 7.45. The zero-order valence-corrected chi connectivity index (χ0v) is 11.9. The number of aliphatic hydroxyl groups is 1. The zero-order chi connectivity index (χ0) is 14.5. The van der Waals surface area contributed by atoms with Gasteiger partial charge in [-0.25, -0.2) is 8.78 Å². The molecular formula is C16H23F2NO. The van der Waals surface area contributed by atoms with E-state index in [9.17, 15) is 8.78 Å². The molecule has 2 nitrogen and oxygen atoms in total. The first-order valence-electron chi connectivity index (χ1n) is 7.45. The molecule has 1 aromatic carbocycles. The molecule has 1 aliphatic rings. The van der Waals surface area contributed by atoms with Crippen LogP contribution in [0.2, 0.25) is 0 Å². The maximum Gasteiger partial charge on any atom is 0.130 e. The summed E-state index contributed by atoms with van der Waals surface area (Å²) in [7, 11) is 0. The van der Waals surface area contributed by atoms with Crippen LogP contribution in [0.15, 0.2) is 18.2 Å². The quantitative estimate of drug-likeness (QED) is 0.866. The molecule has 1 aliphatic carbocycles. The number of benzene rings is 1. The molecule has 1 fully saturated rings. The highest BCUT2D eigenvalue weighted by molar-refractivity contribution is 5.22. The standard InChI is InChI=1S/C16H23F2NO/c1-2-16(14-8-5-12(17)9-15(14)18)19-13-6-3-11(10-20)4-7-13/h5,8-9,11,13,16,19-20H,2-4,6-7,10H2,1H3. The van der Waals surface area contributed by atoms with Crippen LogP contribution >= 0.6 is 0 Å². The van der Waals surface area contributed by atoms with Crippen LogP contribution in [-0.2, 0) is 0 Å². The number of halogens is 2. The van der Waals surface area contributed by atoms with Gasteiger partial charge < -0.3 is 10.4 Å². The Kier molecular flexibility index (Phi) is 5.49. The Labute approximate surface area is 119 Å². The fourth-order valence-electron chi connectivity index (χ4n) is 3.01. The van der Waals surface area contributed by atoms with Crippen LogP contribution in [-0.4, -0.2) is 17.8 Å². The average molecular weight is 283 g/mol. The van der Waals surface area contributed by atoms with Crippen molar-refractivity contribution in [1.82, 2.24) is 5.32 Å². The summed E-state index contributed by atoms with van der Waals surface area (Å²) in [5.74, 6) is -0.603. The van der Waals surface area contributed by atoms with Gasteiger partial charge in [-0.1, -0.05) is 13.0 Å². The van der Waals surface area contributed by atoms with Crippen molar-refractivity contribution in [3.63, 3.8) is 0 Å². The van der Waals surface area contributed by atoms with Gasteiger partial charge in [0, 0.05) is 30.3 Å². The van der Waals surface area contributed by atoms with Crippen LogP contribution in [0.1, 0.15) is 50.6 Å². The first kappa shape index (κ1) is 15.4. The van der Waals surface area contributed by atoms with Crippen molar-refractivity contribution in [2.24, 2.45) is 5.92 Å². The monoisotopic (exact) mass is 283 g/mol. The van der Waals surface area contributed by atoms with E-state index in [4.69, 9.17) is 5.11 Å². The lowest BCUT2D eigenvalue weighted by Crippen LogP contribution is -2.36. The van der Waals surface area contributed by atoms with E-state index in [-0.39, 0.29) is 12.6 Å². The highest BCUT2D eigenvalue weighted by Gasteiger charge is 2.24. The second-order valence-corrected chi connectivity index (χ2v) is 5.69. The molecule has 4 heteroatoms. The molecule has 1 saturated carbocycles. The second-order valence-electron chi connectivity index (χ2n) is 5.69. The SMILES string of the molecule is CCC(NC1CCC(CO)CC1)c1ccc(F)cc1F. The molecule has 0 spiro atoms. The molecule has 0 amide bonds. The molecule has 2 rings (SSSR count). The molecule has 2 N–H and O–H groups in total. The lowest BCUT2D eigenvalue weighted by molar-refractivity contribution is 0.171. The van der Waals surface area contributed by atoms with Gasteiger partial charge in [-0.15, -0.1) is 0 Å². The van der Waals surface area contributed by atoms with E-state index in [1.807, 2.05) is 6.92 Å². The van der Waals surface area contributed by atoms with E-state index < -0.39 is 11.6 Å². The van der Waals surface area contributed by atoms with Crippen molar-refractivity contribution < 1.29 is 13.9 Å². The second kappa shape index (κ2) is 7.14. The van der Waals surface area contributed by atoms with Crippen molar-refractivity contribution in [2.45, 2.75) is 51.1 Å². The van der Waals surface area contributed by atoms with Crippen LogP contribution < -0.4 is 5.32 Å². The van der Waals surface area contributed by atoms with E-state index in [1.165, 1.54) is 12.1 Å². The molecule has 0 saturated heterocycles. The Morgan fingerprint density at radius 1 is 1.25 bits per heavy atom. The van der Waals surface area contributed by atoms with E-state index in [2.05, 4.69) is 5.32 Å². The minimum absolute atomic E-state index is 0.0775. The van der Waals surface area contributed by atoms with Gasteiger partial charge in [0.05, 0.1) is 0 Å². The number of aliphatic hydroxyl groups excluding tert-OH is 1. The number of rotatable bonds is 5. The highest BCUT2D eigenvalue weighted by atomic mass is 19.1. The van der Waals surface area contributed by atoms with Crippen LogP contribution in [0.3, 0.4) is 0 Å². The predicted molar refractivity (Wildman–Crippen MR) is 75.4 cm³/mol. The van der Waals surface area contributed by atoms with Crippen LogP contribution in [0, 0.1) is 17.6 Å². The van der Waals surface area contributed by atoms with E-state index in [1.54, 1.807) is 0 Å². The lowest BCUT2D eigenvalue weighted by atomic mass is 9.86. The van der Waals surface area contributed by atoms with Gasteiger partial charge in [0.25, 0.3) is 0 Å². The summed E-state index contributed by atoms with van der Waals surface area (Å²) >= 11 is 0. The number of hydrogen-bond donors (Lipinski definition) is 2. The van der Waals surface area contributed by atoms with Crippen LogP contribution in [0.25, 0.3) is 0 Å². The van der Waals surface area contributed by atoms with Gasteiger partial charge in [0.1, 0.15) is 11.6 Å². The third kappa shape index (κ3) is 3.76. The summed E-state index contributed by atoms with van der Waals surface area (Å²) in [5, 5.41) is 12.6. The molecule has 1 atom stereocenters. The van der Waals surface area contributed by atoms with E-state index in [0.717, 1.165) is 38.2 Å². The molecule has 0 bridgehead atoms. The fraction of sp³-hybridized carbons (Fsp3) is 0.625. The molecule has 1 aromatic rings. The van der Waals surface area contributed by atoms with Gasteiger partial charge in [-0.3, -0.25) is 0 Å². The first-order chi connectivity index (χ1) is 9.63. The van der Waals surface area contributed by atoms with Gasteiger partial charge in [-0.2, -0.15) is 0 Å². The molecule has 20 heavy (non-hydrogen) atoms. The van der Waals surface area contributed by atoms with Gasteiger partial charge in [0.2, 0.25) is 0 Å². The van der Waals surface area contributed by atoms with Crippen molar-refractivity contribution in [3.05, 3.63) is 35.4 Å². The minimum atomic E-state index is -0.537. The van der Waals surface area contributed by atoms with E-state index in [0.29, 0.717) is 17.5 Å². The molecule has 0 heterocycles. The van der Waals surface area contributed by atoms with Crippen LogP contribution in [0.5, 0.6) is 0 Å². The predicted octanol–water partition coefficient (Wildman–Crippen LogP) is 3.56. The summed E-state index contributed by atoms with van der Waals surface area (Å²) in [6.07, 6.45) is 4.80. The maximum atomic E-state index is 13.8. The number of nitrogens with one attached hydrogen (secondary N) is 1. The summed E-state index contributed by atoms with van der Waals surface area (Å²) in [4.78, 5) is 0. The van der Waals surface area contributed by atoms with Crippen molar-refractivity contribution in [3.8, 4) is 0 Å². The zero-order valence-electron chi connectivity index (χ0n) is 11.9. The van der Waals surface area contributed by atoms with Crippen LogP contribution in [0.4, 0.5) is 8.78 Å². The van der Waals surface area contributed by atoms with Gasteiger partial charge in [-0.05, 0) is 44.1 Å². The molecule has 0 aliphatic heterocycles. The number of hydrogen-bond acceptors (Lipinski definition) is 2. The fourth-order valence-corrected chi connectivity index (χ4v) is 3.01. The summed E-state index contributed by atoms with van der Waals surface area (Å²) in [6, 6.07) is 4.07. The largest absolute Gasteiger partial charge is 0.396 e. The maximum absolute atomic E-state index is 13.8. The van der Waals surface area contributed by atoms with Gasteiger partial charge >= 0.3 is 0 Å². The molecule has 112 valence electrons. The van der Waals surface area contributed by atoms with E-state index >= 15 is 0 Å². The Morgan fingerprint density at radius 3 is 2.50 bits per heavy atom. The smallest absolute Gasteiger partial charge is 0.130 e. The van der Waals surface area contributed by atoms with Crippen molar-refractivity contribution in [1.29, 1.82) is 0 Å². The summed E-state index contributed by atoms with van der Waals surface area (Å²) in [5.41, 5.74) is 0.540. The highest BCUT2D eigenvalue weighted by Crippen LogP contribution is 2.28.